The van der Waals surface area contributed by atoms with E-state index in [1.165, 1.54) is 39.7 Å². The Morgan fingerprint density at radius 3 is 1.59 bits per heavy atom. The molecule has 13 nitrogen and oxygen atoms in total. The van der Waals surface area contributed by atoms with Gasteiger partial charge in [0.05, 0.1) is 37.9 Å². The smallest absolute Gasteiger partial charge is 0.253 e. The minimum absolute atomic E-state index is 0.117. The summed E-state index contributed by atoms with van der Waals surface area (Å²) in [7, 11) is -0.369. The van der Waals surface area contributed by atoms with E-state index in [1.807, 2.05) is 56.3 Å². The summed E-state index contributed by atoms with van der Waals surface area (Å²) in [6.07, 6.45) is 15.8. The second-order valence-electron chi connectivity index (χ2n) is 19.9. The number of ether oxygens (including phenoxy) is 2. The molecule has 1 saturated carbocycles. The Bertz CT molecular complexity index is 2410. The van der Waals surface area contributed by atoms with Crippen LogP contribution in [0, 0.1) is 29.6 Å². The number of unbranched alkanes of at least 4 members (excludes halogenated alkanes) is 2. The highest BCUT2D eigenvalue weighted by Crippen LogP contribution is 2.58. The van der Waals surface area contributed by atoms with Gasteiger partial charge in [-0.3, -0.25) is 43.5 Å². The molecule has 3 fully saturated rings. The van der Waals surface area contributed by atoms with Crippen LogP contribution < -0.4 is 18.3 Å². The lowest BCUT2D eigenvalue weighted by atomic mass is 9.57. The molecule has 2 saturated heterocycles. The minimum atomic E-state index is -1.96. The molecule has 15 heteroatoms. The lowest BCUT2D eigenvalue weighted by Crippen LogP contribution is -2.43. The van der Waals surface area contributed by atoms with Crippen LogP contribution in [-0.4, -0.2) is 101 Å². The van der Waals surface area contributed by atoms with E-state index in [1.54, 1.807) is 33.3 Å². The summed E-state index contributed by atoms with van der Waals surface area (Å²) in [5.41, 5.74) is 3.92. The van der Waals surface area contributed by atoms with Gasteiger partial charge in [0.25, 0.3) is 11.8 Å². The second-order valence-corrected chi connectivity index (χ2v) is 28.4. The largest absolute Gasteiger partial charge is 0.542 e. The summed E-state index contributed by atoms with van der Waals surface area (Å²) in [6.45, 7) is 27.4. The molecule has 2 aromatic rings. The molecular formula is C56H77N3O10Si2. The Labute approximate surface area is 424 Å². The summed E-state index contributed by atoms with van der Waals surface area (Å²) < 4.78 is 24.1. The lowest BCUT2D eigenvalue weighted by molar-refractivity contribution is -0.141. The van der Waals surface area contributed by atoms with Crippen LogP contribution in [0.1, 0.15) is 90.2 Å². The Balaban J connectivity index is 0.000000252. The fraction of sp³-hybridized carbons (Fsp3) is 0.500. The number of allylic oxidation sites excluding steroid dienone is 5. The molecule has 0 bridgehead atoms. The van der Waals surface area contributed by atoms with E-state index in [9.17, 15) is 28.8 Å². The molecule has 7 rings (SSSR count). The summed E-state index contributed by atoms with van der Waals surface area (Å²) >= 11 is 0. The van der Waals surface area contributed by atoms with Crippen molar-refractivity contribution in [1.82, 2.24) is 14.7 Å². The number of fused-ring (bicyclic) bond motifs is 4. The zero-order chi connectivity index (χ0) is 52.4. The van der Waals surface area contributed by atoms with Crippen LogP contribution in [-0.2, 0) is 28.8 Å². The van der Waals surface area contributed by atoms with Crippen LogP contribution in [0.2, 0.25) is 38.3 Å². The predicted molar refractivity (Wildman–Crippen MR) is 284 cm³/mol. The van der Waals surface area contributed by atoms with E-state index in [2.05, 4.69) is 59.3 Å². The first-order valence-corrected chi connectivity index (χ1v) is 31.7. The van der Waals surface area contributed by atoms with Crippen molar-refractivity contribution in [2.45, 2.75) is 117 Å². The Morgan fingerprint density at radius 2 is 1.11 bits per heavy atom. The van der Waals surface area contributed by atoms with Gasteiger partial charge in [0, 0.05) is 37.7 Å². The van der Waals surface area contributed by atoms with Gasteiger partial charge in [-0.25, -0.2) is 0 Å². The van der Waals surface area contributed by atoms with Gasteiger partial charge in [-0.2, -0.15) is 0 Å². The highest BCUT2D eigenvalue weighted by Gasteiger charge is 2.61. The van der Waals surface area contributed by atoms with E-state index >= 15 is 0 Å². The molecule has 3 heterocycles. The zero-order valence-electron chi connectivity index (χ0n) is 44.0. The van der Waals surface area contributed by atoms with E-state index in [4.69, 9.17) is 18.3 Å². The average molecular weight is 1010 g/mol. The van der Waals surface area contributed by atoms with Crippen molar-refractivity contribution in [2.24, 2.45) is 29.6 Å². The van der Waals surface area contributed by atoms with Crippen LogP contribution in [0.5, 0.6) is 23.0 Å². The maximum atomic E-state index is 13.7. The van der Waals surface area contributed by atoms with Crippen LogP contribution >= 0.6 is 0 Å². The van der Waals surface area contributed by atoms with Crippen molar-refractivity contribution in [3.8, 4) is 23.0 Å². The van der Waals surface area contributed by atoms with Crippen molar-refractivity contribution in [1.29, 1.82) is 0 Å². The molecule has 2 aliphatic carbocycles. The van der Waals surface area contributed by atoms with Crippen molar-refractivity contribution < 1.29 is 47.1 Å². The number of hydrogen-bond acceptors (Lipinski definition) is 10. The third-order valence-corrected chi connectivity index (χ3v) is 18.9. The zero-order valence-corrected chi connectivity index (χ0v) is 46.0. The molecule has 71 heavy (non-hydrogen) atoms. The maximum absolute atomic E-state index is 13.7. The number of carbonyl (C=O) groups excluding carboxylic acids is 6. The number of imide groups is 3. The molecule has 2 aromatic carbocycles. The molecule has 5 aliphatic rings. The number of methoxy groups -OCH3 is 2. The third kappa shape index (κ3) is 12.6. The van der Waals surface area contributed by atoms with Crippen LogP contribution in [0.4, 0.5) is 0 Å². The van der Waals surface area contributed by atoms with Crippen molar-refractivity contribution >= 4 is 58.2 Å². The molecule has 0 spiro atoms. The quantitative estimate of drug-likeness (QED) is 0.0576. The van der Waals surface area contributed by atoms with E-state index < -0.39 is 40.3 Å². The topological polar surface area (TPSA) is 149 Å². The molecule has 3 aliphatic heterocycles. The first kappa shape index (κ1) is 56.1. The number of rotatable bonds is 19. The fourth-order valence-corrected chi connectivity index (χ4v) is 14.7. The van der Waals surface area contributed by atoms with E-state index in [-0.39, 0.29) is 47.3 Å². The Hall–Kier alpha value is -5.81. The SMILES string of the molecule is C=CC(C=C)=Cc1ccc(O[Si](C)(C)CCCC)c(OC)c1.CCCC[Si](C)(C)Oc1ccc([C@H]2C3=CC[C@@H]4C(=O)N(CC)C(=O)[C@@H]4[C@@H]3C[C@H]3C(=O)N(CC)C(=O)[C@@H]23)cc1OC.CCN1C(=O)C=CC1=O. The predicted octanol–water partition coefficient (Wildman–Crippen LogP) is 10.5. The van der Waals surface area contributed by atoms with Gasteiger partial charge in [-0.1, -0.05) is 88.6 Å². The number of benzene rings is 2. The lowest BCUT2D eigenvalue weighted by Gasteiger charge is -2.44. The highest BCUT2D eigenvalue weighted by molar-refractivity contribution is 6.72. The molecule has 6 atom stereocenters. The Kier molecular flexibility index (Phi) is 19.4. The Morgan fingerprint density at radius 1 is 0.620 bits per heavy atom. The number of likely N-dealkylation sites (N-methyl/N-ethyl adjacent to an activating group) is 1. The number of carbonyl (C=O) groups is 6. The monoisotopic (exact) mass is 1010 g/mol. The first-order chi connectivity index (χ1) is 33.8. The molecule has 0 aromatic heterocycles. The number of amides is 6. The minimum Gasteiger partial charge on any atom is -0.542 e. The molecular weight excluding hydrogens is 931 g/mol. The van der Waals surface area contributed by atoms with Gasteiger partial charge in [-0.05, 0) is 125 Å². The number of likely N-dealkylation sites (tertiary alicyclic amines) is 2. The average Bonchev–Trinajstić information content (AvgIpc) is 3.91. The normalized spacial score (nSPS) is 22.4. The van der Waals surface area contributed by atoms with Gasteiger partial charge >= 0.3 is 0 Å². The first-order valence-electron chi connectivity index (χ1n) is 25.4. The standard InChI is InChI=1S/C31H42N2O6Si.C19H28O2Si.C6H7NO2/c1-7-10-15-40(5,6)39-23-14-11-18(16-24(23)38-4)25-19-12-13-20-26(30(36)32(8-2)28(20)34)21(19)17-22-27(25)31(37)33(9-3)29(22)35;1-7-10-13-22(5,6)21-18-12-11-17(15-19(18)20-4)14-16(8-2)9-3;1-2-7-5(8)3-4-6(7)9/h11-12,14,16,20-22,25-27H,7-10,13,15,17H2,1-6H3;8-9,11-12,14-15H,2-3,7,10,13H2,1,4-6H3;3-4H,2H2,1H3/t20-,21+,22+,25-,26-,27+;;/m0../s1. The number of nitrogens with zero attached hydrogens (tertiary/aromatic N) is 3. The molecule has 0 N–H and O–H groups in total. The number of hydrogen-bond donors (Lipinski definition) is 0. The van der Waals surface area contributed by atoms with Crippen LogP contribution in [0.3, 0.4) is 0 Å². The summed E-state index contributed by atoms with van der Waals surface area (Å²) in [6, 6.07) is 14.1. The van der Waals surface area contributed by atoms with Crippen molar-refractivity contribution in [3.63, 3.8) is 0 Å². The molecule has 6 amide bonds. The summed E-state index contributed by atoms with van der Waals surface area (Å²) in [4.78, 5) is 78.9. The van der Waals surface area contributed by atoms with Crippen LogP contribution in [0.15, 0.2) is 91.1 Å². The van der Waals surface area contributed by atoms with Crippen LogP contribution in [0.25, 0.3) is 6.08 Å². The summed E-state index contributed by atoms with van der Waals surface area (Å²) in [5.74, 6) is -0.624. The van der Waals surface area contributed by atoms with Crippen molar-refractivity contribution in [3.05, 3.63) is 102 Å². The van der Waals surface area contributed by atoms with E-state index in [0.717, 1.165) is 58.7 Å². The van der Waals surface area contributed by atoms with Gasteiger partial charge in [0.2, 0.25) is 40.3 Å². The van der Waals surface area contributed by atoms with Gasteiger partial charge in [0.1, 0.15) is 11.5 Å². The fourth-order valence-electron chi connectivity index (χ4n) is 10.6. The molecule has 0 radical (unpaired) electrons. The third-order valence-electron chi connectivity index (χ3n) is 14.3. The van der Waals surface area contributed by atoms with Gasteiger partial charge in [-0.15, -0.1) is 0 Å². The van der Waals surface area contributed by atoms with Crippen molar-refractivity contribution in [2.75, 3.05) is 33.9 Å². The highest BCUT2D eigenvalue weighted by atomic mass is 28.4. The second kappa shape index (κ2) is 24.5. The maximum Gasteiger partial charge on any atom is 0.253 e. The summed E-state index contributed by atoms with van der Waals surface area (Å²) in [5, 5.41) is 0. The van der Waals surface area contributed by atoms with Gasteiger partial charge in [0.15, 0.2) is 11.5 Å². The molecule has 384 valence electrons. The molecule has 0 unspecified atom stereocenters. The van der Waals surface area contributed by atoms with Gasteiger partial charge < -0.3 is 18.3 Å². The van der Waals surface area contributed by atoms with E-state index in [0.29, 0.717) is 44.0 Å².